The number of nitrogens with zero attached hydrogens (tertiary/aromatic N) is 3. The Morgan fingerprint density at radius 3 is 2.60 bits per heavy atom. The van der Waals surface area contributed by atoms with Crippen molar-refractivity contribution in [3.05, 3.63) is 0 Å². The molecule has 1 heterocycles. The van der Waals surface area contributed by atoms with E-state index in [2.05, 4.69) is 55.1 Å². The van der Waals surface area contributed by atoms with Crippen molar-refractivity contribution in [2.24, 2.45) is 10.4 Å². The van der Waals surface area contributed by atoms with Crippen molar-refractivity contribution in [2.75, 3.05) is 47.3 Å². The van der Waals surface area contributed by atoms with E-state index in [0.29, 0.717) is 0 Å². The third-order valence-electron chi connectivity index (χ3n) is 2.53. The van der Waals surface area contributed by atoms with Gasteiger partial charge in [0.1, 0.15) is 0 Å². The molecule has 1 rings (SSSR count). The molecule has 0 amide bonds. The molecule has 0 bridgehead atoms. The van der Waals surface area contributed by atoms with Crippen LogP contribution in [0.25, 0.3) is 0 Å². The van der Waals surface area contributed by atoms with Gasteiger partial charge in [-0.25, -0.2) is 0 Å². The highest BCUT2D eigenvalue weighted by Gasteiger charge is 2.21. The molecular weight excluding hydrogens is 188 g/mol. The van der Waals surface area contributed by atoms with Crippen LogP contribution in [0.1, 0.15) is 13.8 Å². The fraction of sp³-hybridized carbons (Fsp3) is 0.909. The van der Waals surface area contributed by atoms with Crippen LogP contribution in [0.3, 0.4) is 0 Å². The summed E-state index contributed by atoms with van der Waals surface area (Å²) in [5.74, 6) is 1.04. The lowest BCUT2D eigenvalue weighted by molar-refractivity contribution is 0.240. The highest BCUT2D eigenvalue weighted by molar-refractivity contribution is 5.81. The number of nitrogens with one attached hydrogen (secondary N) is 1. The Hall–Kier alpha value is -0.770. The Labute approximate surface area is 93.3 Å². The molecule has 0 atom stereocenters. The Morgan fingerprint density at radius 2 is 2.13 bits per heavy atom. The van der Waals surface area contributed by atoms with Crippen molar-refractivity contribution in [3.63, 3.8) is 0 Å². The molecule has 0 aliphatic carbocycles. The van der Waals surface area contributed by atoms with Crippen LogP contribution in [-0.4, -0.2) is 63.1 Å². The average Bonchev–Trinajstić information content (AvgIpc) is 2.45. The molecule has 0 aromatic heterocycles. The van der Waals surface area contributed by atoms with E-state index in [-0.39, 0.29) is 5.41 Å². The molecule has 0 saturated heterocycles. The van der Waals surface area contributed by atoms with E-state index in [1.807, 2.05) is 0 Å². The van der Waals surface area contributed by atoms with Gasteiger partial charge in [0.25, 0.3) is 0 Å². The van der Waals surface area contributed by atoms with Crippen molar-refractivity contribution >= 4 is 5.96 Å². The van der Waals surface area contributed by atoms with Gasteiger partial charge in [-0.15, -0.1) is 0 Å². The van der Waals surface area contributed by atoms with Crippen LogP contribution < -0.4 is 5.32 Å². The van der Waals surface area contributed by atoms with E-state index in [9.17, 15) is 0 Å². The first kappa shape index (κ1) is 12.3. The molecule has 0 saturated carbocycles. The standard InChI is InChI=1S/C11H24N4/c1-11(2,9-14(3)4)8-13-10-12-6-7-15(10)5/h6-9H2,1-5H3,(H,12,13). The van der Waals surface area contributed by atoms with E-state index in [1.165, 1.54) is 0 Å². The lowest BCUT2D eigenvalue weighted by Crippen LogP contribution is -2.43. The Kier molecular flexibility index (Phi) is 3.97. The van der Waals surface area contributed by atoms with E-state index in [0.717, 1.165) is 32.1 Å². The second-order valence-electron chi connectivity index (χ2n) is 5.38. The number of guanidine groups is 1. The zero-order chi connectivity index (χ0) is 11.5. The van der Waals surface area contributed by atoms with Crippen molar-refractivity contribution in [3.8, 4) is 0 Å². The molecule has 0 radical (unpaired) electrons. The lowest BCUT2D eigenvalue weighted by Gasteiger charge is -2.29. The molecule has 1 aliphatic rings. The minimum Gasteiger partial charge on any atom is -0.356 e. The largest absolute Gasteiger partial charge is 0.356 e. The highest BCUT2D eigenvalue weighted by atomic mass is 15.3. The van der Waals surface area contributed by atoms with Crippen LogP contribution in [-0.2, 0) is 0 Å². The van der Waals surface area contributed by atoms with Crippen LogP contribution in [0.15, 0.2) is 4.99 Å². The van der Waals surface area contributed by atoms with Gasteiger partial charge in [0.2, 0.25) is 0 Å². The molecule has 4 nitrogen and oxygen atoms in total. The highest BCUT2D eigenvalue weighted by Crippen LogP contribution is 2.14. The molecule has 4 heteroatoms. The summed E-state index contributed by atoms with van der Waals surface area (Å²) in [5, 5.41) is 3.43. The van der Waals surface area contributed by atoms with Crippen molar-refractivity contribution in [2.45, 2.75) is 13.8 Å². The third kappa shape index (κ3) is 4.08. The van der Waals surface area contributed by atoms with Gasteiger partial charge in [-0.05, 0) is 19.5 Å². The third-order valence-corrected chi connectivity index (χ3v) is 2.53. The van der Waals surface area contributed by atoms with Gasteiger partial charge < -0.3 is 15.1 Å². The maximum Gasteiger partial charge on any atom is 0.193 e. The smallest absolute Gasteiger partial charge is 0.193 e. The van der Waals surface area contributed by atoms with E-state index in [1.54, 1.807) is 0 Å². The van der Waals surface area contributed by atoms with Gasteiger partial charge in [-0.3, -0.25) is 4.99 Å². The summed E-state index contributed by atoms with van der Waals surface area (Å²) in [6.07, 6.45) is 0. The fourth-order valence-corrected chi connectivity index (χ4v) is 1.95. The number of rotatable bonds is 4. The Morgan fingerprint density at radius 1 is 1.47 bits per heavy atom. The summed E-state index contributed by atoms with van der Waals surface area (Å²) in [6.45, 7) is 8.56. The average molecular weight is 212 g/mol. The summed E-state index contributed by atoms with van der Waals surface area (Å²) >= 11 is 0. The molecule has 0 unspecified atom stereocenters. The normalized spacial score (nSPS) is 17.2. The van der Waals surface area contributed by atoms with Gasteiger partial charge >= 0.3 is 0 Å². The summed E-state index contributed by atoms with van der Waals surface area (Å²) in [4.78, 5) is 8.81. The lowest BCUT2D eigenvalue weighted by atomic mass is 9.93. The topological polar surface area (TPSA) is 30.9 Å². The zero-order valence-electron chi connectivity index (χ0n) is 10.7. The van der Waals surface area contributed by atoms with Crippen LogP contribution in [0.4, 0.5) is 0 Å². The van der Waals surface area contributed by atoms with E-state index < -0.39 is 0 Å². The predicted molar refractivity (Wildman–Crippen MR) is 65.3 cm³/mol. The zero-order valence-corrected chi connectivity index (χ0v) is 10.7. The number of hydrogen-bond acceptors (Lipinski definition) is 4. The molecule has 1 aliphatic heterocycles. The Balaban J connectivity index is 2.35. The molecule has 0 aromatic carbocycles. The molecule has 0 spiro atoms. The molecule has 15 heavy (non-hydrogen) atoms. The summed E-state index contributed by atoms with van der Waals surface area (Å²) in [6, 6.07) is 0. The fourth-order valence-electron chi connectivity index (χ4n) is 1.95. The van der Waals surface area contributed by atoms with Gasteiger partial charge in [0.15, 0.2) is 5.96 Å². The first-order chi connectivity index (χ1) is 6.91. The second kappa shape index (κ2) is 4.84. The molecule has 0 fully saturated rings. The first-order valence-electron chi connectivity index (χ1n) is 5.55. The summed E-state index contributed by atoms with van der Waals surface area (Å²) in [7, 11) is 6.31. The predicted octanol–water partition coefficient (Wildman–Crippen LogP) is 0.465. The maximum absolute atomic E-state index is 4.42. The quantitative estimate of drug-likeness (QED) is 0.735. The minimum absolute atomic E-state index is 0.273. The van der Waals surface area contributed by atoms with Crippen LogP contribution in [0, 0.1) is 5.41 Å². The summed E-state index contributed by atoms with van der Waals surface area (Å²) < 4.78 is 0. The van der Waals surface area contributed by atoms with Gasteiger partial charge in [-0.2, -0.15) is 0 Å². The first-order valence-corrected chi connectivity index (χ1v) is 5.55. The van der Waals surface area contributed by atoms with Crippen molar-refractivity contribution in [1.82, 2.24) is 15.1 Å². The van der Waals surface area contributed by atoms with Crippen LogP contribution in [0.5, 0.6) is 0 Å². The van der Waals surface area contributed by atoms with Crippen LogP contribution >= 0.6 is 0 Å². The molecule has 1 N–H and O–H groups in total. The van der Waals surface area contributed by atoms with E-state index >= 15 is 0 Å². The van der Waals surface area contributed by atoms with Gasteiger partial charge in [0, 0.05) is 26.7 Å². The van der Waals surface area contributed by atoms with Crippen molar-refractivity contribution in [1.29, 1.82) is 0 Å². The molecule has 88 valence electrons. The van der Waals surface area contributed by atoms with Gasteiger partial charge in [0.05, 0.1) is 6.54 Å². The van der Waals surface area contributed by atoms with Crippen molar-refractivity contribution < 1.29 is 0 Å². The number of aliphatic imine (C=N–C) groups is 1. The van der Waals surface area contributed by atoms with E-state index in [4.69, 9.17) is 0 Å². The SMILES string of the molecule is CN(C)CC(C)(C)CNC1=NCCN1C. The minimum atomic E-state index is 0.273. The maximum atomic E-state index is 4.42. The number of likely N-dealkylation sites (N-methyl/N-ethyl adjacent to an activating group) is 1. The number of hydrogen-bond donors (Lipinski definition) is 1. The monoisotopic (exact) mass is 212 g/mol. The second-order valence-corrected chi connectivity index (χ2v) is 5.38. The molecular formula is C11H24N4. The van der Waals surface area contributed by atoms with Crippen LogP contribution in [0.2, 0.25) is 0 Å². The molecule has 0 aromatic rings. The Bertz CT molecular complexity index is 233. The van der Waals surface area contributed by atoms with Gasteiger partial charge in [-0.1, -0.05) is 13.8 Å². The summed E-state index contributed by atoms with van der Waals surface area (Å²) in [5.41, 5.74) is 0.273.